The van der Waals surface area contributed by atoms with Gasteiger partial charge < -0.3 is 10.1 Å². The summed E-state index contributed by atoms with van der Waals surface area (Å²) in [5, 5.41) is 3.14. The van der Waals surface area contributed by atoms with Gasteiger partial charge in [0.15, 0.2) is 0 Å². The summed E-state index contributed by atoms with van der Waals surface area (Å²) >= 11 is 5.72. The highest BCUT2D eigenvalue weighted by Crippen LogP contribution is 2.15. The number of rotatable bonds is 5. The largest absolute Gasteiger partial charge is 0.464 e. The van der Waals surface area contributed by atoms with Crippen LogP contribution in [-0.2, 0) is 16.0 Å². The molecule has 0 fully saturated rings. The smallest absolute Gasteiger partial charge is 0.319 e. The molecule has 0 heterocycles. The first-order valence-electron chi connectivity index (χ1n) is 4.87. The van der Waals surface area contributed by atoms with Gasteiger partial charge in [-0.05, 0) is 30.8 Å². The molecule has 0 saturated carbocycles. The molecule has 3 nitrogen and oxygen atoms in total. The normalized spacial score (nSPS) is 10.2. The summed E-state index contributed by atoms with van der Waals surface area (Å²) in [7, 11) is 1.65. The highest BCUT2D eigenvalue weighted by molar-refractivity contribution is 6.30. The molecule has 1 N–H and O–H groups in total. The quantitative estimate of drug-likeness (QED) is 0.804. The molecule has 0 saturated heterocycles. The first-order valence-corrected chi connectivity index (χ1v) is 5.25. The number of hydrogen-bond donors (Lipinski definition) is 1. The minimum Gasteiger partial charge on any atom is -0.464 e. The predicted molar refractivity (Wildman–Crippen MR) is 60.0 cm³/mol. The molecule has 16 heavy (non-hydrogen) atoms. The van der Waals surface area contributed by atoms with Crippen molar-refractivity contribution in [3.05, 3.63) is 34.6 Å². The Labute approximate surface area is 98.5 Å². The molecule has 1 aromatic rings. The molecule has 1 aromatic carbocycles. The molecule has 0 bridgehead atoms. The summed E-state index contributed by atoms with van der Waals surface area (Å²) in [6.07, 6.45) is 0.321. The van der Waals surface area contributed by atoms with Crippen molar-refractivity contribution in [2.24, 2.45) is 0 Å². The van der Waals surface area contributed by atoms with E-state index in [1.807, 2.05) is 0 Å². The summed E-state index contributed by atoms with van der Waals surface area (Å²) in [4.78, 5) is 11.0. The van der Waals surface area contributed by atoms with Crippen LogP contribution in [0.5, 0.6) is 0 Å². The molecule has 5 heteroatoms. The Hall–Kier alpha value is -1.13. The van der Waals surface area contributed by atoms with Gasteiger partial charge in [-0.25, -0.2) is 4.39 Å². The van der Waals surface area contributed by atoms with Gasteiger partial charge in [0.05, 0.1) is 13.2 Å². The lowest BCUT2D eigenvalue weighted by molar-refractivity contribution is -0.142. The third-order valence-electron chi connectivity index (χ3n) is 1.96. The van der Waals surface area contributed by atoms with Gasteiger partial charge in [-0.2, -0.15) is 0 Å². The second-order valence-corrected chi connectivity index (χ2v) is 3.67. The molecule has 0 aliphatic heterocycles. The Bertz CT molecular complexity index is 371. The van der Waals surface area contributed by atoms with Crippen molar-refractivity contribution in [3.8, 4) is 0 Å². The summed E-state index contributed by atoms with van der Waals surface area (Å²) in [5.74, 6) is -0.695. The Morgan fingerprint density at radius 3 is 3.00 bits per heavy atom. The lowest BCUT2D eigenvalue weighted by Crippen LogP contribution is -2.21. The minimum atomic E-state index is -0.357. The van der Waals surface area contributed by atoms with Crippen LogP contribution in [0.15, 0.2) is 18.2 Å². The summed E-state index contributed by atoms with van der Waals surface area (Å²) < 4.78 is 18.1. The Kier molecular flexibility index (Phi) is 5.22. The number of carbonyl (C=O) groups is 1. The summed E-state index contributed by atoms with van der Waals surface area (Å²) in [6.45, 7) is 0.301. The average molecular weight is 246 g/mol. The highest BCUT2D eigenvalue weighted by Gasteiger charge is 2.05. The van der Waals surface area contributed by atoms with E-state index >= 15 is 0 Å². The number of likely N-dealkylation sites (N-methyl/N-ethyl adjacent to an activating group) is 1. The second kappa shape index (κ2) is 6.45. The van der Waals surface area contributed by atoms with Gasteiger partial charge in [-0.3, -0.25) is 4.79 Å². The Morgan fingerprint density at radius 2 is 2.31 bits per heavy atom. The van der Waals surface area contributed by atoms with Gasteiger partial charge in [0.1, 0.15) is 5.82 Å². The van der Waals surface area contributed by atoms with Crippen LogP contribution in [0.25, 0.3) is 0 Å². The first-order chi connectivity index (χ1) is 7.63. The fraction of sp³-hybridized carbons (Fsp3) is 0.364. The van der Waals surface area contributed by atoms with Crippen LogP contribution in [0.3, 0.4) is 0 Å². The molecule has 0 amide bonds. The number of carbonyl (C=O) groups excluding carboxylic acids is 1. The SMILES string of the molecule is CNCC(=O)OCCc1cc(Cl)ccc1F. The maximum absolute atomic E-state index is 13.2. The monoisotopic (exact) mass is 245 g/mol. The summed E-state index contributed by atoms with van der Waals surface area (Å²) in [5.41, 5.74) is 0.449. The molecular formula is C11H13ClFNO2. The third kappa shape index (κ3) is 4.16. The van der Waals surface area contributed by atoms with Gasteiger partial charge in [0.2, 0.25) is 0 Å². The molecule has 0 spiro atoms. The van der Waals surface area contributed by atoms with E-state index < -0.39 is 0 Å². The predicted octanol–water partition coefficient (Wildman–Crippen LogP) is 1.78. The van der Waals surface area contributed by atoms with E-state index in [9.17, 15) is 9.18 Å². The van der Waals surface area contributed by atoms with Crippen molar-refractivity contribution in [2.75, 3.05) is 20.2 Å². The lowest BCUT2D eigenvalue weighted by Gasteiger charge is -2.05. The van der Waals surface area contributed by atoms with Gasteiger partial charge in [-0.1, -0.05) is 11.6 Å². The van der Waals surface area contributed by atoms with Crippen molar-refractivity contribution in [1.29, 1.82) is 0 Å². The van der Waals surface area contributed by atoms with E-state index in [2.05, 4.69) is 5.32 Å². The van der Waals surface area contributed by atoms with Crippen LogP contribution in [-0.4, -0.2) is 26.2 Å². The van der Waals surface area contributed by atoms with E-state index in [0.29, 0.717) is 17.0 Å². The molecule has 0 aliphatic carbocycles. The first kappa shape index (κ1) is 12.9. The van der Waals surface area contributed by atoms with E-state index in [-0.39, 0.29) is 24.9 Å². The van der Waals surface area contributed by atoms with Crippen LogP contribution >= 0.6 is 11.6 Å². The number of nitrogens with one attached hydrogen (secondary N) is 1. The van der Waals surface area contributed by atoms with Crippen LogP contribution < -0.4 is 5.32 Å². The van der Waals surface area contributed by atoms with Crippen molar-refractivity contribution < 1.29 is 13.9 Å². The number of halogens is 2. The molecular weight excluding hydrogens is 233 g/mol. The molecule has 0 radical (unpaired) electrons. The van der Waals surface area contributed by atoms with Gasteiger partial charge >= 0.3 is 5.97 Å². The number of hydrogen-bond acceptors (Lipinski definition) is 3. The Morgan fingerprint density at radius 1 is 1.56 bits per heavy atom. The van der Waals surface area contributed by atoms with Gasteiger partial charge in [0, 0.05) is 11.4 Å². The maximum atomic E-state index is 13.2. The van der Waals surface area contributed by atoms with E-state index in [0.717, 1.165) is 0 Å². The number of ether oxygens (including phenoxy) is 1. The van der Waals surface area contributed by atoms with Gasteiger partial charge in [-0.15, -0.1) is 0 Å². The van der Waals surface area contributed by atoms with Crippen molar-refractivity contribution in [2.45, 2.75) is 6.42 Å². The maximum Gasteiger partial charge on any atom is 0.319 e. The number of benzene rings is 1. The molecule has 0 aliphatic rings. The topological polar surface area (TPSA) is 38.3 Å². The average Bonchev–Trinajstić information content (AvgIpc) is 2.23. The van der Waals surface area contributed by atoms with E-state index in [1.165, 1.54) is 18.2 Å². The fourth-order valence-corrected chi connectivity index (χ4v) is 1.40. The third-order valence-corrected chi connectivity index (χ3v) is 2.20. The molecule has 0 aromatic heterocycles. The summed E-state index contributed by atoms with van der Waals surface area (Å²) in [6, 6.07) is 4.31. The molecule has 0 atom stereocenters. The van der Waals surface area contributed by atoms with Crippen molar-refractivity contribution in [3.63, 3.8) is 0 Å². The molecule has 1 rings (SSSR count). The van der Waals surface area contributed by atoms with Gasteiger partial charge in [0.25, 0.3) is 0 Å². The van der Waals surface area contributed by atoms with Crippen molar-refractivity contribution in [1.82, 2.24) is 5.32 Å². The van der Waals surface area contributed by atoms with Crippen LogP contribution in [0.1, 0.15) is 5.56 Å². The van der Waals surface area contributed by atoms with Crippen LogP contribution in [0, 0.1) is 5.82 Å². The van der Waals surface area contributed by atoms with Crippen LogP contribution in [0.4, 0.5) is 4.39 Å². The van der Waals surface area contributed by atoms with E-state index in [4.69, 9.17) is 16.3 Å². The van der Waals surface area contributed by atoms with E-state index in [1.54, 1.807) is 7.05 Å². The zero-order chi connectivity index (χ0) is 12.0. The lowest BCUT2D eigenvalue weighted by atomic mass is 10.1. The number of esters is 1. The van der Waals surface area contributed by atoms with Crippen molar-refractivity contribution >= 4 is 17.6 Å². The zero-order valence-corrected chi connectivity index (χ0v) is 9.68. The fourth-order valence-electron chi connectivity index (χ4n) is 1.21. The van der Waals surface area contributed by atoms with Crippen LogP contribution in [0.2, 0.25) is 5.02 Å². The molecule has 0 unspecified atom stereocenters. The Balaban J connectivity index is 2.42. The molecule has 88 valence electrons. The second-order valence-electron chi connectivity index (χ2n) is 3.24. The standard InChI is InChI=1S/C11H13ClFNO2/c1-14-7-11(15)16-5-4-8-6-9(12)2-3-10(8)13/h2-3,6,14H,4-5,7H2,1H3. The highest BCUT2D eigenvalue weighted by atomic mass is 35.5. The zero-order valence-electron chi connectivity index (χ0n) is 8.93. The minimum absolute atomic E-state index is 0.151.